The Kier molecular flexibility index (Phi) is 7.43. The van der Waals surface area contributed by atoms with Crippen LogP contribution in [0.2, 0.25) is 5.02 Å². The molecule has 0 radical (unpaired) electrons. The van der Waals surface area contributed by atoms with Crippen LogP contribution in [0, 0.1) is 6.92 Å². The first kappa shape index (κ1) is 21.8. The van der Waals surface area contributed by atoms with E-state index in [2.05, 4.69) is 20.5 Å². The molecule has 0 spiro atoms. The lowest BCUT2D eigenvalue weighted by Crippen LogP contribution is -2.33. The predicted molar refractivity (Wildman–Crippen MR) is 115 cm³/mol. The first-order chi connectivity index (χ1) is 14.4. The number of carbonyl (C=O) groups excluding carboxylic acids is 1. The summed E-state index contributed by atoms with van der Waals surface area (Å²) in [5.74, 6) is 0.575. The average Bonchev–Trinajstić information content (AvgIpc) is 3.10. The summed E-state index contributed by atoms with van der Waals surface area (Å²) in [7, 11) is 2.01. The third-order valence-electron chi connectivity index (χ3n) is 4.49. The molecule has 1 atom stereocenters. The summed E-state index contributed by atoms with van der Waals surface area (Å²) in [6.45, 7) is 5.54. The average molecular weight is 429 g/mol. The molecule has 0 aliphatic rings. The van der Waals surface area contributed by atoms with Crippen LogP contribution in [-0.2, 0) is 13.1 Å². The maximum Gasteiger partial charge on any atom is 0.251 e. The molecule has 3 aromatic rings. The molecule has 158 valence electrons. The molecule has 1 amide bonds. The van der Waals surface area contributed by atoms with E-state index < -0.39 is 0 Å². The van der Waals surface area contributed by atoms with Gasteiger partial charge < -0.3 is 10.1 Å². The highest BCUT2D eigenvalue weighted by molar-refractivity contribution is 6.30. The molecule has 0 unspecified atom stereocenters. The first-order valence-corrected chi connectivity index (χ1v) is 10.0. The zero-order chi connectivity index (χ0) is 21.5. The first-order valence-electron chi connectivity index (χ1n) is 9.66. The maximum absolute atomic E-state index is 12.2. The van der Waals surface area contributed by atoms with Crippen LogP contribution in [0.3, 0.4) is 0 Å². The summed E-state index contributed by atoms with van der Waals surface area (Å²) in [4.78, 5) is 14.4. The van der Waals surface area contributed by atoms with Crippen molar-refractivity contribution in [1.82, 2.24) is 20.5 Å². The summed E-state index contributed by atoms with van der Waals surface area (Å²) in [6, 6.07) is 14.8. The molecule has 3 rings (SSSR count). The van der Waals surface area contributed by atoms with Gasteiger partial charge in [0.05, 0.1) is 6.54 Å². The molecule has 0 saturated heterocycles. The number of nitrogens with zero attached hydrogens (tertiary/aromatic N) is 3. The Labute approximate surface area is 180 Å². The Balaban J connectivity index is 1.50. The topological polar surface area (TPSA) is 80.5 Å². The van der Waals surface area contributed by atoms with Crippen LogP contribution in [0.4, 0.5) is 0 Å². The normalized spacial score (nSPS) is 12.0. The second-order valence-electron chi connectivity index (χ2n) is 7.26. The molecule has 0 saturated carbocycles. The van der Waals surface area contributed by atoms with E-state index in [4.69, 9.17) is 21.0 Å². The van der Waals surface area contributed by atoms with Crippen molar-refractivity contribution in [2.75, 3.05) is 13.6 Å². The number of halogens is 1. The van der Waals surface area contributed by atoms with Crippen molar-refractivity contribution in [1.29, 1.82) is 0 Å². The highest BCUT2D eigenvalue weighted by Gasteiger charge is 2.12. The molecule has 1 aromatic heterocycles. The number of nitrogens with one attached hydrogen (secondary N) is 1. The van der Waals surface area contributed by atoms with E-state index in [0.717, 1.165) is 29.2 Å². The number of carbonyl (C=O) groups is 1. The smallest absolute Gasteiger partial charge is 0.251 e. The number of rotatable bonds is 9. The van der Waals surface area contributed by atoms with E-state index in [1.54, 1.807) is 24.3 Å². The molecule has 7 nitrogen and oxygen atoms in total. The molecule has 1 heterocycles. The Morgan fingerprint density at radius 1 is 1.20 bits per heavy atom. The number of benzene rings is 2. The lowest BCUT2D eigenvalue weighted by atomic mass is 10.2. The molecule has 8 heteroatoms. The van der Waals surface area contributed by atoms with Crippen LogP contribution < -0.4 is 10.1 Å². The summed E-state index contributed by atoms with van der Waals surface area (Å²) >= 11 is 5.94. The van der Waals surface area contributed by atoms with Gasteiger partial charge in [0.15, 0.2) is 0 Å². The molecule has 0 bridgehead atoms. The quantitative estimate of drug-likeness (QED) is 0.557. The lowest BCUT2D eigenvalue weighted by Gasteiger charge is -2.18. The number of aromatic nitrogens is 2. The number of hydrogen-bond acceptors (Lipinski definition) is 6. The van der Waals surface area contributed by atoms with Crippen LogP contribution in [-0.4, -0.2) is 40.8 Å². The van der Waals surface area contributed by atoms with Gasteiger partial charge in [0.25, 0.3) is 5.91 Å². The van der Waals surface area contributed by atoms with Crippen LogP contribution in [0.5, 0.6) is 5.75 Å². The van der Waals surface area contributed by atoms with Gasteiger partial charge in [-0.2, -0.15) is 0 Å². The van der Waals surface area contributed by atoms with Crippen molar-refractivity contribution < 1.29 is 14.2 Å². The minimum Gasteiger partial charge on any atom is -0.489 e. The second-order valence-corrected chi connectivity index (χ2v) is 7.70. The fraction of sp³-hybridized carbons (Fsp3) is 0.318. The van der Waals surface area contributed by atoms with E-state index in [-0.39, 0.29) is 12.0 Å². The fourth-order valence-corrected chi connectivity index (χ4v) is 3.17. The number of hydrogen-bond donors (Lipinski definition) is 1. The minimum absolute atomic E-state index is 0.180. The summed E-state index contributed by atoms with van der Waals surface area (Å²) in [6.07, 6.45) is -0.190. The monoisotopic (exact) mass is 428 g/mol. The Morgan fingerprint density at radius 3 is 2.73 bits per heavy atom. The summed E-state index contributed by atoms with van der Waals surface area (Å²) < 4.78 is 10.7. The van der Waals surface area contributed by atoms with Crippen molar-refractivity contribution in [2.24, 2.45) is 0 Å². The van der Waals surface area contributed by atoms with E-state index in [1.807, 2.05) is 45.2 Å². The standard InChI is InChI=1S/C22H25ClN4O3/c1-15(12-24-22(28)18-7-5-8-19(23)11-18)29-20-9-4-6-17(10-20)13-27(3)14-21-16(2)25-30-26-21/h4-11,15H,12-14H2,1-3H3,(H,24,28)/t15-/m0/s1. The van der Waals surface area contributed by atoms with E-state index in [0.29, 0.717) is 23.7 Å². The molecule has 1 N–H and O–H groups in total. The number of amides is 1. The summed E-state index contributed by atoms with van der Waals surface area (Å²) in [5, 5.41) is 11.1. The fourth-order valence-electron chi connectivity index (χ4n) is 2.98. The third kappa shape index (κ3) is 6.30. The molecular formula is C22H25ClN4O3. The van der Waals surface area contributed by atoms with E-state index in [9.17, 15) is 4.79 Å². The van der Waals surface area contributed by atoms with Gasteiger partial charge in [0.2, 0.25) is 0 Å². The van der Waals surface area contributed by atoms with Gasteiger partial charge in [-0.25, -0.2) is 4.63 Å². The maximum atomic E-state index is 12.2. The van der Waals surface area contributed by atoms with E-state index >= 15 is 0 Å². The Bertz CT molecular complexity index is 992. The van der Waals surface area contributed by atoms with Crippen molar-refractivity contribution in [3.8, 4) is 5.75 Å². The zero-order valence-corrected chi connectivity index (χ0v) is 18.0. The molecular weight excluding hydrogens is 404 g/mol. The van der Waals surface area contributed by atoms with Crippen molar-refractivity contribution >= 4 is 17.5 Å². The van der Waals surface area contributed by atoms with Gasteiger partial charge >= 0.3 is 0 Å². The molecule has 30 heavy (non-hydrogen) atoms. The zero-order valence-electron chi connectivity index (χ0n) is 17.3. The molecule has 0 aliphatic carbocycles. The van der Waals surface area contributed by atoms with Crippen LogP contribution in [0.25, 0.3) is 0 Å². The second kappa shape index (κ2) is 10.2. The molecule has 2 aromatic carbocycles. The van der Waals surface area contributed by atoms with Crippen molar-refractivity contribution in [2.45, 2.75) is 33.0 Å². The highest BCUT2D eigenvalue weighted by atomic mass is 35.5. The highest BCUT2D eigenvalue weighted by Crippen LogP contribution is 2.17. The van der Waals surface area contributed by atoms with Crippen molar-refractivity contribution in [3.63, 3.8) is 0 Å². The van der Waals surface area contributed by atoms with Gasteiger partial charge in [0.1, 0.15) is 23.2 Å². The van der Waals surface area contributed by atoms with Crippen LogP contribution >= 0.6 is 11.6 Å². The molecule has 0 fully saturated rings. The largest absolute Gasteiger partial charge is 0.489 e. The number of ether oxygens (including phenoxy) is 1. The Morgan fingerprint density at radius 2 is 2.00 bits per heavy atom. The van der Waals surface area contributed by atoms with E-state index in [1.165, 1.54) is 0 Å². The van der Waals surface area contributed by atoms with Crippen molar-refractivity contribution in [3.05, 3.63) is 76.1 Å². The Hall–Kier alpha value is -2.90. The van der Waals surface area contributed by atoms with Gasteiger partial charge in [0, 0.05) is 23.7 Å². The van der Waals surface area contributed by atoms with Crippen LogP contribution in [0.1, 0.15) is 34.2 Å². The van der Waals surface area contributed by atoms with Crippen LogP contribution in [0.15, 0.2) is 53.2 Å². The van der Waals surface area contributed by atoms with Gasteiger partial charge in [-0.3, -0.25) is 9.69 Å². The third-order valence-corrected chi connectivity index (χ3v) is 4.73. The molecule has 0 aliphatic heterocycles. The SMILES string of the molecule is Cc1nonc1CN(C)Cc1cccc(O[C@@H](C)CNC(=O)c2cccc(Cl)c2)c1. The predicted octanol–water partition coefficient (Wildman–Crippen LogP) is 3.86. The lowest BCUT2D eigenvalue weighted by molar-refractivity contribution is 0.0932. The van der Waals surface area contributed by atoms with Gasteiger partial charge in [-0.1, -0.05) is 40.1 Å². The van der Waals surface area contributed by atoms with Gasteiger partial charge in [-0.05, 0) is 56.8 Å². The van der Waals surface area contributed by atoms with Gasteiger partial charge in [-0.15, -0.1) is 0 Å². The summed E-state index contributed by atoms with van der Waals surface area (Å²) in [5.41, 5.74) is 3.26. The number of aryl methyl sites for hydroxylation is 1. The minimum atomic E-state index is -0.190.